The molecular weight excluding hydrogens is 280 g/mol. The first-order chi connectivity index (χ1) is 10.7. The highest BCUT2D eigenvalue weighted by atomic mass is 16.7. The SMILES string of the molecule is CC(C)Oc1ccc([C@@H]2C=C(Oc3cccnc3)NO2)cc1. The van der Waals surface area contributed by atoms with Crippen molar-refractivity contribution in [3.63, 3.8) is 0 Å². The van der Waals surface area contributed by atoms with Crippen molar-refractivity contribution in [2.24, 2.45) is 0 Å². The third-order valence-electron chi connectivity index (χ3n) is 3.03. The molecular formula is C17H18N2O3. The third kappa shape index (κ3) is 3.56. The van der Waals surface area contributed by atoms with Gasteiger partial charge >= 0.3 is 0 Å². The van der Waals surface area contributed by atoms with Gasteiger partial charge in [-0.3, -0.25) is 9.82 Å². The zero-order valence-electron chi connectivity index (χ0n) is 12.5. The van der Waals surface area contributed by atoms with Crippen molar-refractivity contribution in [3.05, 3.63) is 66.3 Å². The van der Waals surface area contributed by atoms with E-state index >= 15 is 0 Å². The molecule has 5 heteroatoms. The number of aromatic nitrogens is 1. The Balaban J connectivity index is 1.66. The molecule has 1 N–H and O–H groups in total. The molecule has 114 valence electrons. The van der Waals surface area contributed by atoms with E-state index in [-0.39, 0.29) is 12.2 Å². The van der Waals surface area contributed by atoms with Gasteiger partial charge in [-0.25, -0.2) is 5.48 Å². The Bertz CT molecular complexity index is 639. The van der Waals surface area contributed by atoms with Gasteiger partial charge < -0.3 is 9.47 Å². The minimum atomic E-state index is -0.195. The number of hydrogen-bond acceptors (Lipinski definition) is 5. The molecule has 3 rings (SSSR count). The van der Waals surface area contributed by atoms with Gasteiger partial charge in [0, 0.05) is 12.3 Å². The van der Waals surface area contributed by atoms with Crippen LogP contribution in [0.5, 0.6) is 11.5 Å². The van der Waals surface area contributed by atoms with Crippen LogP contribution < -0.4 is 15.0 Å². The first-order valence-electron chi connectivity index (χ1n) is 7.19. The van der Waals surface area contributed by atoms with Gasteiger partial charge in [0.05, 0.1) is 12.3 Å². The summed E-state index contributed by atoms with van der Waals surface area (Å²) in [4.78, 5) is 9.52. The average molecular weight is 298 g/mol. The number of hydrogen-bond donors (Lipinski definition) is 1. The van der Waals surface area contributed by atoms with Gasteiger partial charge in [-0.1, -0.05) is 12.1 Å². The molecule has 1 aliphatic rings. The summed E-state index contributed by atoms with van der Waals surface area (Å²) in [6, 6.07) is 11.5. The lowest BCUT2D eigenvalue weighted by Crippen LogP contribution is -2.12. The van der Waals surface area contributed by atoms with E-state index in [0.717, 1.165) is 11.3 Å². The molecule has 1 aromatic carbocycles. The quantitative estimate of drug-likeness (QED) is 0.917. The molecule has 0 spiro atoms. The van der Waals surface area contributed by atoms with Crippen LogP contribution in [-0.2, 0) is 4.84 Å². The maximum Gasteiger partial charge on any atom is 0.216 e. The molecule has 1 atom stereocenters. The van der Waals surface area contributed by atoms with E-state index in [1.165, 1.54) is 0 Å². The predicted molar refractivity (Wildman–Crippen MR) is 82.1 cm³/mol. The molecule has 22 heavy (non-hydrogen) atoms. The molecule has 0 aliphatic carbocycles. The first kappa shape index (κ1) is 14.4. The minimum absolute atomic E-state index is 0.162. The van der Waals surface area contributed by atoms with E-state index in [4.69, 9.17) is 14.3 Å². The van der Waals surface area contributed by atoms with Crippen LogP contribution in [0.15, 0.2) is 60.8 Å². The lowest BCUT2D eigenvalue weighted by molar-refractivity contribution is 0.0273. The molecule has 0 bridgehead atoms. The monoisotopic (exact) mass is 298 g/mol. The molecule has 0 radical (unpaired) electrons. The van der Waals surface area contributed by atoms with Crippen LogP contribution >= 0.6 is 0 Å². The standard InChI is InChI=1S/C17H18N2O3/c1-12(2)20-14-7-5-13(6-8-14)16-10-17(19-22-16)21-15-4-3-9-18-11-15/h3-12,16,19H,1-2H3/t16-/m0/s1. The van der Waals surface area contributed by atoms with Gasteiger partial charge in [0.15, 0.2) is 0 Å². The van der Waals surface area contributed by atoms with Crippen molar-refractivity contribution in [1.29, 1.82) is 0 Å². The number of nitrogens with one attached hydrogen (secondary N) is 1. The van der Waals surface area contributed by atoms with E-state index < -0.39 is 0 Å². The van der Waals surface area contributed by atoms with E-state index in [1.807, 2.05) is 56.3 Å². The van der Waals surface area contributed by atoms with Crippen LogP contribution in [0.2, 0.25) is 0 Å². The summed E-state index contributed by atoms with van der Waals surface area (Å²) in [5.74, 6) is 2.06. The Morgan fingerprint density at radius 1 is 1.14 bits per heavy atom. The molecule has 2 heterocycles. The smallest absolute Gasteiger partial charge is 0.216 e. The van der Waals surface area contributed by atoms with Crippen molar-refractivity contribution in [2.75, 3.05) is 0 Å². The van der Waals surface area contributed by atoms with Crippen LogP contribution in [0, 0.1) is 0 Å². The maximum absolute atomic E-state index is 5.64. The third-order valence-corrected chi connectivity index (χ3v) is 3.03. The van der Waals surface area contributed by atoms with Crippen molar-refractivity contribution < 1.29 is 14.3 Å². The summed E-state index contributed by atoms with van der Waals surface area (Å²) in [5, 5.41) is 0. The molecule has 0 unspecified atom stereocenters. The summed E-state index contributed by atoms with van der Waals surface area (Å²) in [7, 11) is 0. The van der Waals surface area contributed by atoms with Gasteiger partial charge in [-0.15, -0.1) is 0 Å². The molecule has 0 amide bonds. The molecule has 0 fully saturated rings. The topological polar surface area (TPSA) is 52.6 Å². The lowest BCUT2D eigenvalue weighted by Gasteiger charge is -2.11. The summed E-state index contributed by atoms with van der Waals surface area (Å²) in [6.45, 7) is 4.01. The second kappa shape index (κ2) is 6.49. The fourth-order valence-corrected chi connectivity index (χ4v) is 2.09. The predicted octanol–water partition coefficient (Wildman–Crippen LogP) is 3.37. The Morgan fingerprint density at radius 2 is 1.95 bits per heavy atom. The van der Waals surface area contributed by atoms with Gasteiger partial charge in [0.2, 0.25) is 5.88 Å². The average Bonchev–Trinajstić information content (AvgIpc) is 2.97. The van der Waals surface area contributed by atoms with E-state index in [9.17, 15) is 0 Å². The highest BCUT2D eigenvalue weighted by Gasteiger charge is 2.20. The summed E-state index contributed by atoms with van der Waals surface area (Å²) >= 11 is 0. The number of hydroxylamine groups is 1. The zero-order chi connectivity index (χ0) is 15.4. The zero-order valence-corrected chi connectivity index (χ0v) is 12.5. The van der Waals surface area contributed by atoms with Crippen molar-refractivity contribution in [2.45, 2.75) is 26.1 Å². The fourth-order valence-electron chi connectivity index (χ4n) is 2.09. The second-order valence-corrected chi connectivity index (χ2v) is 5.20. The maximum atomic E-state index is 5.64. The van der Waals surface area contributed by atoms with Crippen molar-refractivity contribution in [3.8, 4) is 11.5 Å². The van der Waals surface area contributed by atoms with Gasteiger partial charge in [0.1, 0.15) is 17.6 Å². The summed E-state index contributed by atoms with van der Waals surface area (Å²) in [6.07, 6.45) is 5.19. The molecule has 2 aromatic rings. The first-order valence-corrected chi connectivity index (χ1v) is 7.19. The number of pyridine rings is 1. The van der Waals surface area contributed by atoms with E-state index in [2.05, 4.69) is 10.5 Å². The Morgan fingerprint density at radius 3 is 2.64 bits per heavy atom. The largest absolute Gasteiger partial charge is 0.491 e. The summed E-state index contributed by atoms with van der Waals surface area (Å²) in [5.41, 5.74) is 3.80. The number of ether oxygens (including phenoxy) is 2. The van der Waals surface area contributed by atoms with E-state index in [0.29, 0.717) is 11.6 Å². The van der Waals surface area contributed by atoms with Crippen LogP contribution in [0.4, 0.5) is 0 Å². The van der Waals surface area contributed by atoms with Crippen molar-refractivity contribution in [1.82, 2.24) is 10.5 Å². The molecule has 1 aliphatic heterocycles. The number of nitrogens with zero attached hydrogens (tertiary/aromatic N) is 1. The van der Waals surface area contributed by atoms with Gasteiger partial charge in [0.25, 0.3) is 0 Å². The van der Waals surface area contributed by atoms with Crippen molar-refractivity contribution >= 4 is 0 Å². The molecule has 5 nitrogen and oxygen atoms in total. The number of benzene rings is 1. The Labute approximate surface area is 129 Å². The second-order valence-electron chi connectivity index (χ2n) is 5.20. The molecule has 0 saturated carbocycles. The van der Waals surface area contributed by atoms with Crippen LogP contribution in [0.25, 0.3) is 0 Å². The fraction of sp³-hybridized carbons (Fsp3) is 0.235. The lowest BCUT2D eigenvalue weighted by atomic mass is 10.1. The Kier molecular flexibility index (Phi) is 4.25. The molecule has 1 aromatic heterocycles. The highest BCUT2D eigenvalue weighted by Crippen LogP contribution is 2.27. The van der Waals surface area contributed by atoms with Crippen LogP contribution in [-0.4, -0.2) is 11.1 Å². The van der Waals surface area contributed by atoms with Crippen LogP contribution in [0.1, 0.15) is 25.5 Å². The van der Waals surface area contributed by atoms with Gasteiger partial charge in [-0.2, -0.15) is 0 Å². The number of rotatable bonds is 5. The normalized spacial score (nSPS) is 17.0. The van der Waals surface area contributed by atoms with Crippen LogP contribution in [0.3, 0.4) is 0 Å². The highest BCUT2D eigenvalue weighted by molar-refractivity contribution is 5.31. The van der Waals surface area contributed by atoms with E-state index in [1.54, 1.807) is 12.4 Å². The summed E-state index contributed by atoms with van der Waals surface area (Å²) < 4.78 is 11.3. The molecule has 0 saturated heterocycles. The Hall–Kier alpha value is -2.53. The van der Waals surface area contributed by atoms with Gasteiger partial charge in [-0.05, 0) is 43.7 Å². The minimum Gasteiger partial charge on any atom is -0.491 e.